The largest absolute Gasteiger partial charge is 0.440 e. The van der Waals surface area contributed by atoms with E-state index in [0.717, 1.165) is 41.4 Å². The van der Waals surface area contributed by atoms with Gasteiger partial charge in [0.1, 0.15) is 11.2 Å². The summed E-state index contributed by atoms with van der Waals surface area (Å²) in [5.41, 5.74) is 7.74. The molecular weight excluding hydrogens is 336 g/mol. The Kier molecular flexibility index (Phi) is 4.50. The minimum atomic E-state index is -0.0136. The fraction of sp³-hybridized carbons (Fsp3) is 0.389. The van der Waals surface area contributed by atoms with Gasteiger partial charge in [0.05, 0.1) is 10.9 Å². The maximum atomic E-state index is 12.8. The SMILES string of the molecule is NCCc1nc(C(=O)N2CCCC(c3nc4ccccc4o3)C2)cs1. The van der Waals surface area contributed by atoms with Crippen LogP contribution in [0.2, 0.25) is 0 Å². The number of piperidine rings is 1. The second-order valence-corrected chi connectivity index (χ2v) is 7.22. The predicted molar refractivity (Wildman–Crippen MR) is 96.8 cm³/mol. The summed E-state index contributed by atoms with van der Waals surface area (Å²) in [6.07, 6.45) is 2.63. The summed E-state index contributed by atoms with van der Waals surface area (Å²) in [5, 5.41) is 2.74. The molecule has 1 atom stereocenters. The predicted octanol–water partition coefficient (Wildman–Crippen LogP) is 2.81. The molecule has 0 spiro atoms. The van der Waals surface area contributed by atoms with E-state index < -0.39 is 0 Å². The van der Waals surface area contributed by atoms with Crippen LogP contribution in [0.4, 0.5) is 0 Å². The van der Waals surface area contributed by atoms with Gasteiger partial charge in [0.25, 0.3) is 5.91 Å². The fourth-order valence-electron chi connectivity index (χ4n) is 3.24. The molecule has 0 aliphatic carbocycles. The fourth-order valence-corrected chi connectivity index (χ4v) is 4.03. The van der Waals surface area contributed by atoms with E-state index in [1.54, 1.807) is 0 Å². The molecule has 2 N–H and O–H groups in total. The van der Waals surface area contributed by atoms with Crippen molar-refractivity contribution >= 4 is 28.3 Å². The number of thiazole rings is 1. The van der Waals surface area contributed by atoms with E-state index in [2.05, 4.69) is 9.97 Å². The summed E-state index contributed by atoms with van der Waals surface area (Å²) in [6.45, 7) is 1.92. The smallest absolute Gasteiger partial charge is 0.273 e. The van der Waals surface area contributed by atoms with Crippen molar-refractivity contribution in [3.8, 4) is 0 Å². The quantitative estimate of drug-likeness (QED) is 0.777. The van der Waals surface area contributed by atoms with Gasteiger partial charge in [-0.1, -0.05) is 12.1 Å². The molecule has 1 saturated heterocycles. The van der Waals surface area contributed by atoms with Gasteiger partial charge < -0.3 is 15.1 Å². The number of hydrogen-bond donors (Lipinski definition) is 1. The topological polar surface area (TPSA) is 85.2 Å². The van der Waals surface area contributed by atoms with Crippen LogP contribution in [0.15, 0.2) is 34.1 Å². The lowest BCUT2D eigenvalue weighted by Gasteiger charge is -2.30. The Bertz CT molecular complexity index is 855. The van der Waals surface area contributed by atoms with E-state index in [1.165, 1.54) is 11.3 Å². The number of rotatable bonds is 4. The molecule has 7 heteroatoms. The van der Waals surface area contributed by atoms with Crippen molar-refractivity contribution in [1.29, 1.82) is 0 Å². The molecule has 1 amide bonds. The van der Waals surface area contributed by atoms with Gasteiger partial charge in [0.15, 0.2) is 11.5 Å². The van der Waals surface area contributed by atoms with Crippen LogP contribution in [-0.2, 0) is 6.42 Å². The highest BCUT2D eigenvalue weighted by Crippen LogP contribution is 2.29. The average Bonchev–Trinajstić information content (AvgIpc) is 3.28. The minimum absolute atomic E-state index is 0.0136. The van der Waals surface area contributed by atoms with Crippen LogP contribution >= 0.6 is 11.3 Å². The van der Waals surface area contributed by atoms with E-state index >= 15 is 0 Å². The lowest BCUT2D eigenvalue weighted by Crippen LogP contribution is -2.39. The van der Waals surface area contributed by atoms with Crippen LogP contribution in [0.5, 0.6) is 0 Å². The van der Waals surface area contributed by atoms with Gasteiger partial charge in [0.2, 0.25) is 0 Å². The normalized spacial score (nSPS) is 18.0. The number of benzene rings is 1. The molecule has 1 aliphatic heterocycles. The Morgan fingerprint density at radius 1 is 1.36 bits per heavy atom. The Morgan fingerprint density at radius 3 is 3.08 bits per heavy atom. The Morgan fingerprint density at radius 2 is 2.24 bits per heavy atom. The van der Waals surface area contributed by atoms with Crippen LogP contribution in [0.25, 0.3) is 11.1 Å². The molecular formula is C18H20N4O2S. The van der Waals surface area contributed by atoms with Crippen LogP contribution in [0, 0.1) is 0 Å². The van der Waals surface area contributed by atoms with E-state index in [1.807, 2.05) is 34.5 Å². The number of nitrogens with zero attached hydrogens (tertiary/aromatic N) is 3. The zero-order valence-electron chi connectivity index (χ0n) is 13.9. The number of fused-ring (bicyclic) bond motifs is 1. The average molecular weight is 356 g/mol. The summed E-state index contributed by atoms with van der Waals surface area (Å²) in [6, 6.07) is 7.76. The van der Waals surface area contributed by atoms with Crippen molar-refractivity contribution in [2.24, 2.45) is 5.73 Å². The number of carbonyl (C=O) groups excluding carboxylic acids is 1. The highest BCUT2D eigenvalue weighted by molar-refractivity contribution is 7.09. The Hall–Kier alpha value is -2.25. The lowest BCUT2D eigenvalue weighted by molar-refractivity contribution is 0.0693. The molecule has 1 fully saturated rings. The summed E-state index contributed by atoms with van der Waals surface area (Å²) < 4.78 is 5.90. The van der Waals surface area contributed by atoms with Crippen LogP contribution < -0.4 is 5.73 Å². The van der Waals surface area contributed by atoms with E-state index in [0.29, 0.717) is 25.2 Å². The monoisotopic (exact) mass is 356 g/mol. The summed E-state index contributed by atoms with van der Waals surface area (Å²) in [5.74, 6) is 0.841. The molecule has 0 bridgehead atoms. The van der Waals surface area contributed by atoms with Gasteiger partial charge >= 0.3 is 0 Å². The number of aromatic nitrogens is 2. The molecule has 130 valence electrons. The maximum absolute atomic E-state index is 12.8. The minimum Gasteiger partial charge on any atom is -0.440 e. The van der Waals surface area contributed by atoms with Crippen molar-refractivity contribution in [1.82, 2.24) is 14.9 Å². The standard InChI is InChI=1S/C18H20N4O2S/c19-8-7-16-20-14(11-25-16)18(23)22-9-3-4-12(10-22)17-21-13-5-1-2-6-15(13)24-17/h1-2,5-6,11-12H,3-4,7-10,19H2. The summed E-state index contributed by atoms with van der Waals surface area (Å²) in [4.78, 5) is 23.6. The van der Waals surface area contributed by atoms with E-state index in [4.69, 9.17) is 10.2 Å². The van der Waals surface area contributed by atoms with Crippen molar-refractivity contribution in [3.63, 3.8) is 0 Å². The number of para-hydroxylation sites is 2. The van der Waals surface area contributed by atoms with Crippen molar-refractivity contribution < 1.29 is 9.21 Å². The third-order valence-corrected chi connectivity index (χ3v) is 5.41. The highest BCUT2D eigenvalue weighted by Gasteiger charge is 2.29. The van der Waals surface area contributed by atoms with Crippen molar-refractivity contribution in [2.75, 3.05) is 19.6 Å². The van der Waals surface area contributed by atoms with Crippen LogP contribution in [0.1, 0.15) is 40.1 Å². The van der Waals surface area contributed by atoms with Gasteiger partial charge in [-0.15, -0.1) is 11.3 Å². The number of likely N-dealkylation sites (tertiary alicyclic amines) is 1. The molecule has 4 rings (SSSR count). The zero-order valence-corrected chi connectivity index (χ0v) is 14.7. The Labute approximate surface area is 149 Å². The van der Waals surface area contributed by atoms with Gasteiger partial charge in [0, 0.05) is 24.9 Å². The lowest BCUT2D eigenvalue weighted by atomic mass is 9.98. The first-order valence-corrected chi connectivity index (χ1v) is 9.42. The molecule has 0 saturated carbocycles. The van der Waals surface area contributed by atoms with Gasteiger partial charge in [-0.05, 0) is 31.5 Å². The maximum Gasteiger partial charge on any atom is 0.273 e. The highest BCUT2D eigenvalue weighted by atomic mass is 32.1. The second kappa shape index (κ2) is 6.93. The van der Waals surface area contributed by atoms with Gasteiger partial charge in [-0.25, -0.2) is 9.97 Å². The van der Waals surface area contributed by atoms with E-state index in [9.17, 15) is 4.79 Å². The molecule has 1 unspecified atom stereocenters. The first-order chi connectivity index (χ1) is 12.2. The number of oxazole rings is 1. The first kappa shape index (κ1) is 16.2. The number of carbonyl (C=O) groups is 1. The van der Waals surface area contributed by atoms with Crippen molar-refractivity contribution in [3.05, 3.63) is 46.2 Å². The Balaban J connectivity index is 1.50. The van der Waals surface area contributed by atoms with Gasteiger partial charge in [-0.2, -0.15) is 0 Å². The molecule has 6 nitrogen and oxygen atoms in total. The third-order valence-electron chi connectivity index (χ3n) is 4.50. The van der Waals surface area contributed by atoms with E-state index in [-0.39, 0.29) is 11.8 Å². The van der Waals surface area contributed by atoms with Crippen molar-refractivity contribution in [2.45, 2.75) is 25.2 Å². The molecule has 1 aliphatic rings. The molecule has 0 radical (unpaired) electrons. The summed E-state index contributed by atoms with van der Waals surface area (Å²) >= 11 is 1.50. The second-order valence-electron chi connectivity index (χ2n) is 6.28. The molecule has 3 heterocycles. The van der Waals surface area contributed by atoms with Gasteiger partial charge in [-0.3, -0.25) is 4.79 Å². The zero-order chi connectivity index (χ0) is 17.2. The molecule has 3 aromatic rings. The summed E-state index contributed by atoms with van der Waals surface area (Å²) in [7, 11) is 0. The van der Waals surface area contributed by atoms with Crippen LogP contribution in [-0.4, -0.2) is 40.4 Å². The number of hydrogen-bond acceptors (Lipinski definition) is 6. The van der Waals surface area contributed by atoms with Crippen LogP contribution in [0.3, 0.4) is 0 Å². The first-order valence-electron chi connectivity index (χ1n) is 8.54. The number of amides is 1. The molecule has 2 aromatic heterocycles. The number of nitrogens with two attached hydrogens (primary N) is 1. The third kappa shape index (κ3) is 3.29. The molecule has 1 aromatic carbocycles. The molecule has 25 heavy (non-hydrogen) atoms.